The van der Waals surface area contributed by atoms with Gasteiger partial charge in [-0.05, 0) is 55.3 Å². The van der Waals surface area contributed by atoms with Crippen LogP contribution >= 0.6 is 15.9 Å². The summed E-state index contributed by atoms with van der Waals surface area (Å²) in [6, 6.07) is 3.02. The Kier molecular flexibility index (Phi) is 7.49. The molecule has 1 aromatic heterocycles. The van der Waals surface area contributed by atoms with Crippen molar-refractivity contribution in [2.75, 3.05) is 6.54 Å². The van der Waals surface area contributed by atoms with E-state index in [1.165, 1.54) is 18.3 Å². The van der Waals surface area contributed by atoms with Crippen LogP contribution in [-0.4, -0.2) is 35.8 Å². The summed E-state index contributed by atoms with van der Waals surface area (Å²) in [6.45, 7) is 4.83. The summed E-state index contributed by atoms with van der Waals surface area (Å²) in [5.41, 5.74) is -0.214. The number of aromatic nitrogens is 1. The molecule has 1 aromatic carbocycles. The zero-order valence-electron chi connectivity index (χ0n) is 17.0. The molecule has 0 bridgehead atoms. The maximum absolute atomic E-state index is 14.4. The van der Waals surface area contributed by atoms with Gasteiger partial charge in [-0.2, -0.15) is 4.31 Å². The van der Waals surface area contributed by atoms with E-state index >= 15 is 0 Å². The Morgan fingerprint density at radius 3 is 2.26 bits per heavy atom. The van der Waals surface area contributed by atoms with Gasteiger partial charge in [0.05, 0.1) is 4.47 Å². The molecule has 0 spiro atoms. The number of nitrogens with zero attached hydrogens (tertiary/aromatic N) is 2. The molecule has 2 rings (SSSR count). The predicted octanol–water partition coefficient (Wildman–Crippen LogP) is 4.24. The van der Waals surface area contributed by atoms with Crippen molar-refractivity contribution in [2.45, 2.75) is 44.7 Å². The summed E-state index contributed by atoms with van der Waals surface area (Å²) in [5.74, 6) is -9.51. The maximum Gasteiger partial charge on any atom is 0.321 e. The van der Waals surface area contributed by atoms with Crippen LogP contribution < -0.4 is 0 Å². The number of aryl methyl sites for hydroxylation is 1. The van der Waals surface area contributed by atoms with Crippen LogP contribution in [0.2, 0.25) is 0 Å². The summed E-state index contributed by atoms with van der Waals surface area (Å²) in [6.07, 6.45) is 1.45. The number of hydrogen-bond acceptors (Lipinski definition) is 5. The third kappa shape index (κ3) is 5.60. The Bertz CT molecular complexity index is 1090. The van der Waals surface area contributed by atoms with E-state index < -0.39 is 67.3 Å². The molecular weight excluding hydrogens is 508 g/mol. The van der Waals surface area contributed by atoms with Crippen LogP contribution in [0.15, 0.2) is 27.7 Å². The molecule has 0 atom stereocenters. The first-order valence-corrected chi connectivity index (χ1v) is 11.0. The Balaban J connectivity index is 2.62. The van der Waals surface area contributed by atoms with Gasteiger partial charge in [-0.1, -0.05) is 6.07 Å². The smallest absolute Gasteiger partial charge is 0.321 e. The number of benzene rings is 1. The molecule has 31 heavy (non-hydrogen) atoms. The van der Waals surface area contributed by atoms with Gasteiger partial charge in [-0.15, -0.1) is 0 Å². The average molecular weight is 527 g/mol. The maximum atomic E-state index is 14.4. The molecule has 2 aromatic rings. The van der Waals surface area contributed by atoms with Crippen LogP contribution in [0, 0.1) is 30.2 Å². The Hall–Kier alpha value is -2.05. The highest BCUT2D eigenvalue weighted by Crippen LogP contribution is 2.34. The lowest BCUT2D eigenvalue weighted by molar-refractivity contribution is -0.155. The molecule has 0 amide bonds. The topological polar surface area (TPSA) is 76.6 Å². The summed E-state index contributed by atoms with van der Waals surface area (Å²) in [5, 5.41) is 0. The Labute approximate surface area is 185 Å². The number of pyridine rings is 1. The molecule has 12 heteroatoms. The van der Waals surface area contributed by atoms with E-state index in [9.17, 15) is 30.8 Å². The van der Waals surface area contributed by atoms with Crippen molar-refractivity contribution >= 4 is 31.9 Å². The van der Waals surface area contributed by atoms with Crippen LogP contribution in [-0.2, 0) is 26.1 Å². The molecule has 1 heterocycles. The number of rotatable bonds is 6. The van der Waals surface area contributed by atoms with E-state index in [0.29, 0.717) is 15.6 Å². The second-order valence-corrected chi connectivity index (χ2v) is 10.2. The second-order valence-electron chi connectivity index (χ2n) is 7.51. The van der Waals surface area contributed by atoms with Crippen molar-refractivity contribution in [3.8, 4) is 0 Å². The number of ether oxygens (including phenoxy) is 1. The highest BCUT2D eigenvalue weighted by atomic mass is 79.9. The molecular formula is C19H19BrF4N2O4S. The Morgan fingerprint density at radius 2 is 1.71 bits per heavy atom. The van der Waals surface area contributed by atoms with E-state index in [1.807, 2.05) is 0 Å². The van der Waals surface area contributed by atoms with Crippen molar-refractivity contribution < 1.29 is 35.5 Å². The molecule has 0 aliphatic heterocycles. The zero-order chi connectivity index (χ0) is 23.7. The molecule has 170 valence electrons. The van der Waals surface area contributed by atoms with E-state index in [4.69, 9.17) is 4.74 Å². The Morgan fingerprint density at radius 1 is 1.13 bits per heavy atom. The van der Waals surface area contributed by atoms with Crippen molar-refractivity contribution in [2.24, 2.45) is 0 Å². The monoisotopic (exact) mass is 526 g/mol. The van der Waals surface area contributed by atoms with Gasteiger partial charge in [0.25, 0.3) is 0 Å². The van der Waals surface area contributed by atoms with Crippen LogP contribution in [0.3, 0.4) is 0 Å². The minimum Gasteiger partial charge on any atom is -0.459 e. The highest BCUT2D eigenvalue weighted by Gasteiger charge is 2.37. The fourth-order valence-corrected chi connectivity index (χ4v) is 5.00. The predicted molar refractivity (Wildman–Crippen MR) is 106 cm³/mol. The van der Waals surface area contributed by atoms with Gasteiger partial charge in [-0.3, -0.25) is 9.78 Å². The SMILES string of the molecule is Cc1ncccc1CN(CC(=O)OC(C)(C)C)S(=O)(=O)c1c(F)c(F)c(F)c(F)c1Br. The molecule has 0 saturated heterocycles. The molecule has 0 saturated carbocycles. The molecule has 0 unspecified atom stereocenters. The molecule has 0 N–H and O–H groups in total. The zero-order valence-corrected chi connectivity index (χ0v) is 19.4. The standard InChI is InChI=1S/C19H19BrF4N2O4S/c1-10-11(6-5-7-25-10)8-26(9-12(27)30-19(2,3)4)31(28,29)18-13(20)14(21)15(22)16(23)17(18)24/h5-7H,8-9H2,1-4H3. The average Bonchev–Trinajstić information content (AvgIpc) is 2.64. The normalized spacial score (nSPS) is 12.3. The first-order chi connectivity index (χ1) is 14.2. The largest absolute Gasteiger partial charge is 0.459 e. The lowest BCUT2D eigenvalue weighted by atomic mass is 10.2. The van der Waals surface area contributed by atoms with Gasteiger partial charge in [0.2, 0.25) is 10.0 Å². The molecule has 0 radical (unpaired) electrons. The fourth-order valence-electron chi connectivity index (χ4n) is 2.56. The summed E-state index contributed by atoms with van der Waals surface area (Å²) in [4.78, 5) is 14.9. The van der Waals surface area contributed by atoms with Gasteiger partial charge in [0, 0.05) is 18.4 Å². The third-order valence-electron chi connectivity index (χ3n) is 3.96. The van der Waals surface area contributed by atoms with Gasteiger partial charge in [0.15, 0.2) is 23.3 Å². The van der Waals surface area contributed by atoms with Crippen LogP contribution in [0.4, 0.5) is 17.6 Å². The second kappa shape index (κ2) is 9.21. The van der Waals surface area contributed by atoms with Gasteiger partial charge >= 0.3 is 5.97 Å². The van der Waals surface area contributed by atoms with Crippen LogP contribution in [0.5, 0.6) is 0 Å². The van der Waals surface area contributed by atoms with E-state index in [0.717, 1.165) is 0 Å². The number of carbonyl (C=O) groups is 1. The summed E-state index contributed by atoms with van der Waals surface area (Å²) >= 11 is 2.48. The van der Waals surface area contributed by atoms with Crippen molar-refractivity contribution in [3.05, 3.63) is 57.3 Å². The first-order valence-electron chi connectivity index (χ1n) is 8.80. The lowest BCUT2D eigenvalue weighted by Crippen LogP contribution is -2.39. The summed E-state index contributed by atoms with van der Waals surface area (Å²) < 4.78 is 86.6. The first kappa shape index (κ1) is 25.2. The van der Waals surface area contributed by atoms with E-state index in [2.05, 4.69) is 20.9 Å². The number of halogens is 5. The van der Waals surface area contributed by atoms with Crippen LogP contribution in [0.1, 0.15) is 32.0 Å². The number of esters is 1. The minimum absolute atomic E-state index is 0.342. The molecule has 0 aliphatic rings. The van der Waals surface area contributed by atoms with Gasteiger partial charge in [-0.25, -0.2) is 26.0 Å². The van der Waals surface area contributed by atoms with Crippen molar-refractivity contribution in [1.82, 2.24) is 9.29 Å². The van der Waals surface area contributed by atoms with Crippen molar-refractivity contribution in [1.29, 1.82) is 0 Å². The lowest BCUT2D eigenvalue weighted by Gasteiger charge is -2.26. The molecule has 6 nitrogen and oxygen atoms in total. The molecule has 0 aliphatic carbocycles. The number of carbonyl (C=O) groups excluding carboxylic acids is 1. The number of hydrogen-bond donors (Lipinski definition) is 0. The van der Waals surface area contributed by atoms with E-state index in [-0.39, 0.29) is 0 Å². The van der Waals surface area contributed by atoms with Gasteiger partial charge in [0.1, 0.15) is 17.0 Å². The van der Waals surface area contributed by atoms with Gasteiger partial charge < -0.3 is 4.74 Å². The van der Waals surface area contributed by atoms with E-state index in [1.54, 1.807) is 27.7 Å². The molecule has 0 fully saturated rings. The van der Waals surface area contributed by atoms with Crippen molar-refractivity contribution in [3.63, 3.8) is 0 Å². The third-order valence-corrected chi connectivity index (χ3v) is 6.80. The number of sulfonamides is 1. The van der Waals surface area contributed by atoms with Crippen LogP contribution in [0.25, 0.3) is 0 Å². The summed E-state index contributed by atoms with van der Waals surface area (Å²) in [7, 11) is -5.05. The minimum atomic E-state index is -5.05. The highest BCUT2D eigenvalue weighted by molar-refractivity contribution is 9.10. The fraction of sp³-hybridized carbons (Fsp3) is 0.368. The quantitative estimate of drug-likeness (QED) is 0.243.